The van der Waals surface area contributed by atoms with Gasteiger partial charge >= 0.3 is 0 Å². The maximum atomic E-state index is 12.1. The molecule has 1 saturated carbocycles. The molecule has 1 unspecified atom stereocenters. The van der Waals surface area contributed by atoms with E-state index in [1.165, 1.54) is 0 Å². The van der Waals surface area contributed by atoms with Crippen LogP contribution in [-0.2, 0) is 15.0 Å². The van der Waals surface area contributed by atoms with Crippen LogP contribution in [0.2, 0.25) is 0 Å². The zero-order chi connectivity index (χ0) is 14.8. The van der Waals surface area contributed by atoms with Crippen molar-refractivity contribution in [1.29, 1.82) is 10.5 Å². The highest BCUT2D eigenvalue weighted by Gasteiger charge is 2.97. The maximum Gasteiger partial charge on any atom is 0.250 e. The zero-order valence-electron chi connectivity index (χ0n) is 11.0. The van der Waals surface area contributed by atoms with Gasteiger partial charge in [-0.15, -0.1) is 0 Å². The van der Waals surface area contributed by atoms with Gasteiger partial charge in [-0.25, -0.2) is 0 Å². The van der Waals surface area contributed by atoms with Crippen LogP contribution in [0.5, 0.6) is 0 Å². The lowest BCUT2D eigenvalue weighted by atomic mass is 9.85. The van der Waals surface area contributed by atoms with Crippen molar-refractivity contribution in [3.05, 3.63) is 35.4 Å². The first-order valence-electron chi connectivity index (χ1n) is 6.18. The zero-order valence-corrected chi connectivity index (χ0v) is 11.0. The van der Waals surface area contributed by atoms with Crippen molar-refractivity contribution in [2.24, 2.45) is 10.8 Å². The predicted molar refractivity (Wildman–Crippen MR) is 67.8 cm³/mol. The van der Waals surface area contributed by atoms with E-state index >= 15 is 0 Å². The molecule has 0 spiro atoms. The van der Waals surface area contributed by atoms with Crippen molar-refractivity contribution in [3.63, 3.8) is 0 Å². The van der Waals surface area contributed by atoms with Crippen LogP contribution in [-0.4, -0.2) is 11.8 Å². The van der Waals surface area contributed by atoms with Crippen LogP contribution < -0.4 is 5.32 Å². The lowest BCUT2D eigenvalue weighted by molar-refractivity contribution is -0.129. The number of carbonyl (C=O) groups is 2. The van der Waals surface area contributed by atoms with Crippen LogP contribution >= 0.6 is 0 Å². The normalized spacial score (nSPS) is 37.6. The molecular weight excluding hydrogens is 254 g/mol. The van der Waals surface area contributed by atoms with Gasteiger partial charge in [-0.1, -0.05) is 36.8 Å². The number of carbonyl (C=O) groups excluding carboxylic acids is 2. The Morgan fingerprint density at radius 3 is 1.85 bits per heavy atom. The van der Waals surface area contributed by atoms with Crippen molar-refractivity contribution in [1.82, 2.24) is 5.32 Å². The van der Waals surface area contributed by atoms with E-state index in [0.29, 0.717) is 5.56 Å². The first-order valence-corrected chi connectivity index (χ1v) is 6.18. The molecule has 98 valence electrons. The molecule has 5 nitrogen and oxygen atoms in total. The predicted octanol–water partition coefficient (Wildman–Crippen LogP) is 0.943. The monoisotopic (exact) mass is 265 g/mol. The van der Waals surface area contributed by atoms with Gasteiger partial charge in [0, 0.05) is 0 Å². The molecule has 1 heterocycles. The highest BCUT2D eigenvalue weighted by atomic mass is 16.2. The molecule has 0 aromatic heterocycles. The number of benzene rings is 1. The van der Waals surface area contributed by atoms with Gasteiger partial charge in [-0.3, -0.25) is 14.9 Å². The van der Waals surface area contributed by atoms with Crippen LogP contribution in [0.3, 0.4) is 0 Å². The Morgan fingerprint density at radius 2 is 1.45 bits per heavy atom. The van der Waals surface area contributed by atoms with Gasteiger partial charge in [0.25, 0.3) is 0 Å². The van der Waals surface area contributed by atoms with Crippen molar-refractivity contribution >= 4 is 11.8 Å². The minimum atomic E-state index is -1.62. The fourth-order valence-electron chi connectivity index (χ4n) is 3.62. The molecule has 0 bridgehead atoms. The SMILES string of the molecule is Cc1ccc(C2(C)[C@]3(C#N)C(=O)NC(=O)[C@]23C#N)cc1. The number of nitrogens with zero attached hydrogens (tertiary/aromatic N) is 2. The molecular formula is C15H11N3O2. The summed E-state index contributed by atoms with van der Waals surface area (Å²) in [7, 11) is 0. The smallest absolute Gasteiger partial charge is 0.250 e. The van der Waals surface area contributed by atoms with Crippen molar-refractivity contribution in [3.8, 4) is 12.1 Å². The summed E-state index contributed by atoms with van der Waals surface area (Å²) < 4.78 is 0. The second-order valence-corrected chi connectivity index (χ2v) is 5.50. The fourth-order valence-corrected chi connectivity index (χ4v) is 3.62. The molecule has 20 heavy (non-hydrogen) atoms. The average molecular weight is 265 g/mol. The van der Waals surface area contributed by atoms with E-state index in [4.69, 9.17) is 0 Å². The number of rotatable bonds is 1. The molecule has 3 atom stereocenters. The number of amides is 2. The first-order chi connectivity index (χ1) is 9.42. The second kappa shape index (κ2) is 3.26. The summed E-state index contributed by atoms with van der Waals surface area (Å²) in [5, 5.41) is 21.1. The molecule has 1 N–H and O–H groups in total. The van der Waals surface area contributed by atoms with E-state index in [2.05, 4.69) is 5.32 Å². The number of hydrogen-bond donors (Lipinski definition) is 1. The van der Waals surface area contributed by atoms with E-state index in [1.807, 2.05) is 31.2 Å². The first kappa shape index (κ1) is 12.4. The summed E-state index contributed by atoms with van der Waals surface area (Å²) in [6.45, 7) is 3.55. The minimum Gasteiger partial charge on any atom is -0.293 e. The minimum absolute atomic E-state index is 0.661. The Kier molecular flexibility index (Phi) is 2.02. The van der Waals surface area contributed by atoms with Gasteiger partial charge in [0.2, 0.25) is 11.8 Å². The molecule has 2 fully saturated rings. The number of nitriles is 2. The highest BCUT2D eigenvalue weighted by molar-refractivity contribution is 6.20. The Hall–Kier alpha value is -2.66. The van der Waals surface area contributed by atoms with Crippen molar-refractivity contribution in [2.75, 3.05) is 0 Å². The van der Waals surface area contributed by atoms with E-state index < -0.39 is 28.1 Å². The molecule has 1 aliphatic heterocycles. The van der Waals surface area contributed by atoms with Crippen LogP contribution in [0.25, 0.3) is 0 Å². The standard InChI is InChI=1S/C15H11N3O2/c1-9-3-5-10(6-4-9)13(2)14(7-16)11(19)18-12(20)15(13,14)8-17/h3-6H,1-2H3,(H,18,19,20)/t13?,14-,15+. The highest BCUT2D eigenvalue weighted by Crippen LogP contribution is 2.80. The Balaban J connectivity index is 2.29. The average Bonchev–Trinajstić information content (AvgIpc) is 2.84. The number of nitrogens with one attached hydrogen (secondary N) is 1. The summed E-state index contributed by atoms with van der Waals surface area (Å²) in [6, 6.07) is 11.1. The third-order valence-electron chi connectivity index (χ3n) is 4.87. The maximum absolute atomic E-state index is 12.1. The number of piperidine rings is 1. The van der Waals surface area contributed by atoms with E-state index in [1.54, 1.807) is 19.1 Å². The third kappa shape index (κ3) is 0.866. The molecule has 1 aromatic rings. The van der Waals surface area contributed by atoms with Crippen molar-refractivity contribution < 1.29 is 9.59 Å². The van der Waals surface area contributed by atoms with E-state index in [-0.39, 0.29) is 0 Å². The molecule has 2 aliphatic rings. The fraction of sp³-hybridized carbons (Fsp3) is 0.333. The summed E-state index contributed by atoms with van der Waals surface area (Å²) in [5.74, 6) is -1.34. The van der Waals surface area contributed by atoms with Gasteiger partial charge in [-0.05, 0) is 12.5 Å². The van der Waals surface area contributed by atoms with Gasteiger partial charge in [0.1, 0.15) is 0 Å². The van der Waals surface area contributed by atoms with Crippen LogP contribution in [0, 0.1) is 40.4 Å². The van der Waals surface area contributed by atoms with Gasteiger partial charge in [-0.2, -0.15) is 10.5 Å². The number of hydrogen-bond acceptors (Lipinski definition) is 4. The lowest BCUT2D eigenvalue weighted by Gasteiger charge is -2.18. The molecule has 2 amide bonds. The lowest BCUT2D eigenvalue weighted by Crippen LogP contribution is -2.38. The van der Waals surface area contributed by atoms with E-state index in [0.717, 1.165) is 5.56 Å². The summed E-state index contributed by atoms with van der Waals surface area (Å²) in [5.41, 5.74) is -2.66. The van der Waals surface area contributed by atoms with Crippen molar-refractivity contribution in [2.45, 2.75) is 19.3 Å². The number of fused-ring (bicyclic) bond motifs is 1. The summed E-state index contributed by atoms with van der Waals surface area (Å²) in [6.07, 6.45) is 0. The van der Waals surface area contributed by atoms with Crippen LogP contribution in [0.1, 0.15) is 18.1 Å². The van der Waals surface area contributed by atoms with E-state index in [9.17, 15) is 20.1 Å². The topological polar surface area (TPSA) is 93.8 Å². The Bertz CT molecular complexity index is 700. The molecule has 3 rings (SSSR count). The van der Waals surface area contributed by atoms with Gasteiger partial charge in [0.05, 0.1) is 17.6 Å². The number of aryl methyl sites for hydroxylation is 1. The summed E-state index contributed by atoms with van der Waals surface area (Å²) >= 11 is 0. The third-order valence-corrected chi connectivity index (χ3v) is 4.87. The molecule has 1 aliphatic carbocycles. The van der Waals surface area contributed by atoms with Crippen LogP contribution in [0.4, 0.5) is 0 Å². The molecule has 1 aromatic carbocycles. The second-order valence-electron chi connectivity index (χ2n) is 5.50. The Labute approximate surface area is 115 Å². The molecule has 0 radical (unpaired) electrons. The van der Waals surface area contributed by atoms with Gasteiger partial charge in [0.15, 0.2) is 10.8 Å². The molecule has 1 saturated heterocycles. The quantitative estimate of drug-likeness (QED) is 0.765. The summed E-state index contributed by atoms with van der Waals surface area (Å²) in [4.78, 5) is 24.2. The largest absolute Gasteiger partial charge is 0.293 e. The number of imide groups is 1. The van der Waals surface area contributed by atoms with Gasteiger partial charge < -0.3 is 0 Å². The Morgan fingerprint density at radius 1 is 1.00 bits per heavy atom. The van der Waals surface area contributed by atoms with Crippen LogP contribution in [0.15, 0.2) is 24.3 Å². The molecule has 5 heteroatoms.